The third-order valence-electron chi connectivity index (χ3n) is 3.38. The molecule has 1 saturated carbocycles. The lowest BCUT2D eigenvalue weighted by atomic mass is 10.1. The fourth-order valence-electron chi connectivity index (χ4n) is 2.30. The second-order valence-electron chi connectivity index (χ2n) is 4.91. The molecule has 2 unspecified atom stereocenters. The zero-order valence-corrected chi connectivity index (χ0v) is 10.6. The van der Waals surface area contributed by atoms with Crippen LogP contribution < -0.4 is 5.32 Å². The minimum Gasteiger partial charge on any atom is -0.382 e. The third kappa shape index (κ3) is 3.19. The summed E-state index contributed by atoms with van der Waals surface area (Å²) in [7, 11) is 0. The molecule has 0 aliphatic heterocycles. The van der Waals surface area contributed by atoms with Gasteiger partial charge in [-0.05, 0) is 37.0 Å². The summed E-state index contributed by atoms with van der Waals surface area (Å²) in [5, 5.41) is 12.0. The number of nitriles is 1. The maximum atomic E-state index is 12.6. The highest BCUT2D eigenvalue weighted by Gasteiger charge is 2.37. The Balaban J connectivity index is 2.11. The molecular formula is C14H15F3N2. The molecule has 1 N–H and O–H groups in total. The first-order valence-corrected chi connectivity index (χ1v) is 6.33. The van der Waals surface area contributed by atoms with Gasteiger partial charge >= 0.3 is 6.18 Å². The number of hydrogen-bond acceptors (Lipinski definition) is 2. The Morgan fingerprint density at radius 2 is 2.16 bits per heavy atom. The van der Waals surface area contributed by atoms with Crippen LogP contribution in [0, 0.1) is 17.2 Å². The average molecular weight is 268 g/mol. The number of benzene rings is 1. The molecule has 0 amide bonds. The van der Waals surface area contributed by atoms with Gasteiger partial charge in [0.05, 0.1) is 17.2 Å². The lowest BCUT2D eigenvalue weighted by molar-refractivity contribution is -0.137. The van der Waals surface area contributed by atoms with Crippen LogP contribution in [0.5, 0.6) is 0 Å². The van der Waals surface area contributed by atoms with Gasteiger partial charge < -0.3 is 5.32 Å². The van der Waals surface area contributed by atoms with Crippen molar-refractivity contribution in [2.75, 3.05) is 5.32 Å². The Morgan fingerprint density at radius 3 is 2.74 bits per heavy atom. The van der Waals surface area contributed by atoms with Crippen molar-refractivity contribution in [2.45, 2.75) is 38.4 Å². The molecule has 0 saturated heterocycles. The van der Waals surface area contributed by atoms with E-state index >= 15 is 0 Å². The van der Waals surface area contributed by atoms with E-state index < -0.39 is 11.7 Å². The molecule has 1 aromatic carbocycles. The van der Waals surface area contributed by atoms with E-state index in [-0.39, 0.29) is 5.56 Å². The van der Waals surface area contributed by atoms with Crippen LogP contribution in [0.25, 0.3) is 0 Å². The molecule has 0 heterocycles. The summed E-state index contributed by atoms with van der Waals surface area (Å²) >= 11 is 0. The fraction of sp³-hybridized carbons (Fsp3) is 0.500. The van der Waals surface area contributed by atoms with Crippen molar-refractivity contribution in [3.63, 3.8) is 0 Å². The predicted molar refractivity (Wildman–Crippen MR) is 66.6 cm³/mol. The first kappa shape index (κ1) is 13.7. The second kappa shape index (κ2) is 5.12. The minimum atomic E-state index is -4.48. The first-order valence-electron chi connectivity index (χ1n) is 6.33. The van der Waals surface area contributed by atoms with Gasteiger partial charge in [0.2, 0.25) is 0 Å². The molecule has 2 nitrogen and oxygen atoms in total. The summed E-state index contributed by atoms with van der Waals surface area (Å²) in [4.78, 5) is 0. The zero-order valence-electron chi connectivity index (χ0n) is 10.6. The van der Waals surface area contributed by atoms with Crippen molar-refractivity contribution in [2.24, 2.45) is 5.92 Å². The van der Waals surface area contributed by atoms with Gasteiger partial charge in [-0.3, -0.25) is 0 Å². The third-order valence-corrected chi connectivity index (χ3v) is 3.38. The van der Waals surface area contributed by atoms with Gasteiger partial charge in [0.25, 0.3) is 0 Å². The van der Waals surface area contributed by atoms with Gasteiger partial charge in [0.15, 0.2) is 0 Å². The molecule has 19 heavy (non-hydrogen) atoms. The van der Waals surface area contributed by atoms with Crippen LogP contribution in [-0.2, 0) is 6.18 Å². The van der Waals surface area contributed by atoms with Crippen LogP contribution in [0.4, 0.5) is 18.9 Å². The number of nitrogens with zero attached hydrogens (tertiary/aromatic N) is 1. The quantitative estimate of drug-likeness (QED) is 0.889. The predicted octanol–water partition coefficient (Wildman–Crippen LogP) is 4.18. The molecule has 1 aliphatic rings. The molecule has 102 valence electrons. The maximum Gasteiger partial charge on any atom is 0.417 e. The summed E-state index contributed by atoms with van der Waals surface area (Å²) in [5.41, 5.74) is -0.611. The molecule has 5 heteroatoms. The Hall–Kier alpha value is -1.70. The van der Waals surface area contributed by atoms with Gasteiger partial charge in [-0.25, -0.2) is 0 Å². The largest absolute Gasteiger partial charge is 0.417 e. The van der Waals surface area contributed by atoms with Crippen LogP contribution in [0.3, 0.4) is 0 Å². The zero-order chi connectivity index (χ0) is 14.0. The van der Waals surface area contributed by atoms with Gasteiger partial charge in [0, 0.05) is 11.7 Å². The highest BCUT2D eigenvalue weighted by atomic mass is 19.4. The number of rotatable bonds is 4. The van der Waals surface area contributed by atoms with Crippen molar-refractivity contribution in [3.8, 4) is 6.07 Å². The number of halogens is 3. The molecular weight excluding hydrogens is 253 g/mol. The molecule has 1 aliphatic carbocycles. The average Bonchev–Trinajstić information content (AvgIpc) is 3.06. The Kier molecular flexibility index (Phi) is 3.70. The van der Waals surface area contributed by atoms with Gasteiger partial charge in [-0.2, -0.15) is 18.4 Å². The van der Waals surface area contributed by atoms with Crippen LogP contribution in [0.15, 0.2) is 18.2 Å². The van der Waals surface area contributed by atoms with E-state index in [4.69, 9.17) is 5.26 Å². The Labute approximate surface area is 110 Å². The smallest absolute Gasteiger partial charge is 0.382 e. The molecule has 0 spiro atoms. The highest BCUT2D eigenvalue weighted by Crippen LogP contribution is 2.38. The second-order valence-corrected chi connectivity index (χ2v) is 4.91. The lowest BCUT2D eigenvalue weighted by Gasteiger charge is -2.11. The van der Waals surface area contributed by atoms with E-state index in [2.05, 4.69) is 12.2 Å². The first-order chi connectivity index (χ1) is 8.95. The van der Waals surface area contributed by atoms with Crippen molar-refractivity contribution >= 4 is 5.69 Å². The van der Waals surface area contributed by atoms with E-state index in [0.717, 1.165) is 25.3 Å². The monoisotopic (exact) mass is 268 g/mol. The highest BCUT2D eigenvalue weighted by molar-refractivity contribution is 5.54. The molecule has 0 radical (unpaired) electrons. The topological polar surface area (TPSA) is 35.8 Å². The molecule has 2 rings (SSSR count). The minimum absolute atomic E-state index is 0.329. The number of alkyl halides is 3. The standard InChI is InChI=1S/C14H15F3N2/c1-2-3-9-7-13(9)19-11-4-5-12(14(15,16)17)10(6-11)8-18/h4-6,9,13,19H,2-3,7H2,1H3. The van der Waals surface area contributed by atoms with Crippen molar-refractivity contribution in [1.29, 1.82) is 5.26 Å². The summed E-state index contributed by atoms with van der Waals surface area (Å²) in [5.74, 6) is 0.609. The molecule has 0 bridgehead atoms. The van der Waals surface area contributed by atoms with Crippen molar-refractivity contribution < 1.29 is 13.2 Å². The molecule has 1 fully saturated rings. The number of nitrogens with one attached hydrogen (secondary N) is 1. The number of anilines is 1. The Morgan fingerprint density at radius 1 is 1.42 bits per heavy atom. The Bertz CT molecular complexity index is 502. The van der Waals surface area contributed by atoms with Crippen LogP contribution >= 0.6 is 0 Å². The molecule has 2 atom stereocenters. The fourth-order valence-corrected chi connectivity index (χ4v) is 2.30. The molecule has 0 aromatic heterocycles. The van der Waals surface area contributed by atoms with E-state index in [1.165, 1.54) is 12.1 Å². The maximum absolute atomic E-state index is 12.6. The van der Waals surface area contributed by atoms with E-state index in [9.17, 15) is 13.2 Å². The van der Waals surface area contributed by atoms with E-state index in [1.54, 1.807) is 6.07 Å². The summed E-state index contributed by atoms with van der Waals surface area (Å²) < 4.78 is 37.9. The SMILES string of the molecule is CCCC1CC1Nc1ccc(C(F)(F)F)c(C#N)c1. The van der Waals surface area contributed by atoms with Gasteiger partial charge in [0.1, 0.15) is 0 Å². The van der Waals surface area contributed by atoms with Gasteiger partial charge in [-0.15, -0.1) is 0 Å². The van der Waals surface area contributed by atoms with Crippen LogP contribution in [0.1, 0.15) is 37.3 Å². The normalized spacial score (nSPS) is 21.8. The van der Waals surface area contributed by atoms with E-state index in [0.29, 0.717) is 17.6 Å². The van der Waals surface area contributed by atoms with Gasteiger partial charge in [-0.1, -0.05) is 13.3 Å². The molecule has 1 aromatic rings. The number of hydrogen-bond donors (Lipinski definition) is 1. The van der Waals surface area contributed by atoms with Crippen molar-refractivity contribution in [3.05, 3.63) is 29.3 Å². The lowest BCUT2D eigenvalue weighted by Crippen LogP contribution is -2.10. The summed E-state index contributed by atoms with van der Waals surface area (Å²) in [6.07, 6.45) is -1.19. The van der Waals surface area contributed by atoms with Crippen molar-refractivity contribution in [1.82, 2.24) is 0 Å². The summed E-state index contributed by atoms with van der Waals surface area (Å²) in [6, 6.07) is 5.59. The van der Waals surface area contributed by atoms with Crippen LogP contribution in [0.2, 0.25) is 0 Å². The van der Waals surface area contributed by atoms with E-state index in [1.807, 2.05) is 0 Å². The van der Waals surface area contributed by atoms with Crippen LogP contribution in [-0.4, -0.2) is 6.04 Å². The summed E-state index contributed by atoms with van der Waals surface area (Å²) in [6.45, 7) is 2.11.